The van der Waals surface area contributed by atoms with Crippen LogP contribution in [0.5, 0.6) is 0 Å². The molecule has 32 heavy (non-hydrogen) atoms. The molecule has 0 aromatic heterocycles. The van der Waals surface area contributed by atoms with Gasteiger partial charge in [0.15, 0.2) is 11.4 Å². The average molecular weight is 447 g/mol. The molecule has 4 rings (SSSR count). The van der Waals surface area contributed by atoms with E-state index in [2.05, 4.69) is 20.8 Å². The first-order valence-electron chi connectivity index (χ1n) is 12.3. The number of aliphatic hydroxyl groups is 2. The Labute approximate surface area is 190 Å². The Kier molecular flexibility index (Phi) is 5.94. The van der Waals surface area contributed by atoms with E-state index in [1.807, 2.05) is 6.08 Å². The second-order valence-electron chi connectivity index (χ2n) is 11.4. The number of esters is 1. The minimum Gasteiger partial charge on any atom is -0.450 e. The zero-order valence-electron chi connectivity index (χ0n) is 19.9. The predicted molar refractivity (Wildman–Crippen MR) is 118 cm³/mol. The fourth-order valence-corrected chi connectivity index (χ4v) is 8.14. The van der Waals surface area contributed by atoms with E-state index in [0.717, 1.165) is 32.1 Å². The average Bonchev–Trinajstić information content (AvgIpc) is 3.07. The molecule has 2 N–H and O–H groups in total. The lowest BCUT2D eigenvalue weighted by Crippen LogP contribution is -2.60. The second-order valence-corrected chi connectivity index (χ2v) is 11.4. The number of ether oxygens (including phenoxy) is 1. The number of carbonyl (C=O) groups is 3. The van der Waals surface area contributed by atoms with E-state index >= 15 is 0 Å². The third-order valence-electron chi connectivity index (χ3n) is 9.94. The molecule has 0 aromatic rings. The van der Waals surface area contributed by atoms with Gasteiger partial charge >= 0.3 is 5.97 Å². The van der Waals surface area contributed by atoms with Crippen LogP contribution in [0.25, 0.3) is 0 Å². The van der Waals surface area contributed by atoms with E-state index in [-0.39, 0.29) is 23.7 Å². The van der Waals surface area contributed by atoms with Gasteiger partial charge in [-0.3, -0.25) is 14.4 Å². The molecule has 0 saturated heterocycles. The van der Waals surface area contributed by atoms with Crippen molar-refractivity contribution in [1.29, 1.82) is 0 Å². The van der Waals surface area contributed by atoms with Crippen molar-refractivity contribution in [2.75, 3.05) is 13.2 Å². The lowest BCUT2D eigenvalue weighted by molar-refractivity contribution is -0.195. The monoisotopic (exact) mass is 446 g/mol. The van der Waals surface area contributed by atoms with Crippen LogP contribution in [-0.2, 0) is 19.1 Å². The third kappa shape index (κ3) is 3.16. The van der Waals surface area contributed by atoms with Gasteiger partial charge in [0.2, 0.25) is 5.78 Å². The third-order valence-corrected chi connectivity index (χ3v) is 9.94. The van der Waals surface area contributed by atoms with Crippen LogP contribution >= 0.6 is 0 Å². The van der Waals surface area contributed by atoms with Crippen LogP contribution in [0.1, 0.15) is 72.6 Å². The van der Waals surface area contributed by atoms with Gasteiger partial charge in [-0.1, -0.05) is 26.3 Å². The van der Waals surface area contributed by atoms with Crippen molar-refractivity contribution >= 4 is 17.5 Å². The van der Waals surface area contributed by atoms with Crippen LogP contribution in [0.4, 0.5) is 0 Å². The summed E-state index contributed by atoms with van der Waals surface area (Å²) in [5.41, 5.74) is -0.565. The van der Waals surface area contributed by atoms with Crippen LogP contribution in [0, 0.1) is 40.4 Å². The summed E-state index contributed by atoms with van der Waals surface area (Å²) < 4.78 is 5.96. The molecule has 0 aromatic carbocycles. The van der Waals surface area contributed by atoms with Crippen LogP contribution < -0.4 is 0 Å². The van der Waals surface area contributed by atoms with Gasteiger partial charge in [0, 0.05) is 11.8 Å². The lowest BCUT2D eigenvalue weighted by atomic mass is 9.44. The van der Waals surface area contributed by atoms with Gasteiger partial charge in [-0.05, 0) is 80.6 Å². The molecule has 6 nitrogen and oxygen atoms in total. The maximum atomic E-state index is 13.2. The van der Waals surface area contributed by atoms with Crippen molar-refractivity contribution in [2.24, 2.45) is 40.4 Å². The Morgan fingerprint density at radius 2 is 1.84 bits per heavy atom. The molecule has 0 bridgehead atoms. The summed E-state index contributed by atoms with van der Waals surface area (Å²) in [6, 6.07) is 0. The molecular formula is C26H38O6. The molecule has 178 valence electrons. The van der Waals surface area contributed by atoms with Gasteiger partial charge in [0.1, 0.15) is 6.61 Å². The van der Waals surface area contributed by atoms with Crippen molar-refractivity contribution in [2.45, 2.75) is 78.2 Å². The summed E-state index contributed by atoms with van der Waals surface area (Å²) in [5, 5.41) is 19.3. The Balaban J connectivity index is 1.71. The quantitative estimate of drug-likeness (QED) is 0.629. The highest BCUT2D eigenvalue weighted by atomic mass is 16.6. The van der Waals surface area contributed by atoms with Gasteiger partial charge in [-0.25, -0.2) is 0 Å². The molecule has 3 fully saturated rings. The van der Waals surface area contributed by atoms with Gasteiger partial charge in [0.25, 0.3) is 0 Å². The Morgan fingerprint density at radius 1 is 1.16 bits per heavy atom. The fraction of sp³-hybridized carbons (Fsp3) is 0.808. The highest BCUT2D eigenvalue weighted by Gasteiger charge is 2.69. The van der Waals surface area contributed by atoms with Crippen LogP contribution in [0.3, 0.4) is 0 Å². The highest BCUT2D eigenvalue weighted by Crippen LogP contribution is 2.69. The van der Waals surface area contributed by atoms with Crippen molar-refractivity contribution in [3.63, 3.8) is 0 Å². The topological polar surface area (TPSA) is 101 Å². The molecule has 4 aliphatic rings. The first kappa shape index (κ1) is 23.6. The van der Waals surface area contributed by atoms with Crippen molar-refractivity contribution in [3.05, 3.63) is 11.6 Å². The van der Waals surface area contributed by atoms with E-state index in [9.17, 15) is 24.6 Å². The largest absolute Gasteiger partial charge is 0.450 e. The number of hydrogen-bond acceptors (Lipinski definition) is 6. The van der Waals surface area contributed by atoms with E-state index in [1.165, 1.54) is 5.57 Å². The molecule has 0 heterocycles. The maximum Gasteiger partial charge on any atom is 0.312 e. The summed E-state index contributed by atoms with van der Waals surface area (Å²) in [4.78, 5) is 38.1. The second kappa shape index (κ2) is 8.05. The Bertz CT molecular complexity index is 847. The zero-order chi connectivity index (χ0) is 23.5. The summed E-state index contributed by atoms with van der Waals surface area (Å²) in [6.07, 6.45) is 7.24. The predicted octanol–water partition coefficient (Wildman–Crippen LogP) is 3.24. The number of carbonyl (C=O) groups excluding carboxylic acids is 3. The highest BCUT2D eigenvalue weighted by molar-refractivity contribution is 5.93. The lowest BCUT2D eigenvalue weighted by Gasteiger charge is -2.60. The SMILES string of the molecule is CC(CO)C(=O)O[C@]1(C(=O)CO)CC[C@H]2[C@@H]3C[C@H](C)C4=CC(=O)CC[C@]4(C)[C@H]3CC[C@@]21C. The molecule has 3 saturated carbocycles. The summed E-state index contributed by atoms with van der Waals surface area (Å²) in [5.74, 6) is -0.0951. The van der Waals surface area contributed by atoms with Gasteiger partial charge in [0.05, 0.1) is 12.5 Å². The molecule has 0 radical (unpaired) electrons. The molecule has 6 heteroatoms. The van der Waals surface area contributed by atoms with Crippen molar-refractivity contribution in [1.82, 2.24) is 0 Å². The summed E-state index contributed by atoms with van der Waals surface area (Å²) in [7, 11) is 0. The minimum absolute atomic E-state index is 0.00584. The van der Waals surface area contributed by atoms with E-state index in [4.69, 9.17) is 4.74 Å². The van der Waals surface area contributed by atoms with E-state index in [1.54, 1.807) is 6.92 Å². The summed E-state index contributed by atoms with van der Waals surface area (Å²) in [6.45, 7) is 7.22. The zero-order valence-corrected chi connectivity index (χ0v) is 19.9. The number of aliphatic hydroxyl groups excluding tert-OH is 2. The Hall–Kier alpha value is -1.53. The molecule has 0 aliphatic heterocycles. The van der Waals surface area contributed by atoms with Crippen molar-refractivity contribution in [3.8, 4) is 0 Å². The molecule has 4 aliphatic carbocycles. The number of ketones is 2. The first-order chi connectivity index (χ1) is 15.0. The number of Topliss-reactive ketones (excluding diaryl/α,β-unsaturated/α-hetero) is 1. The van der Waals surface area contributed by atoms with Crippen LogP contribution in [0.15, 0.2) is 11.6 Å². The van der Waals surface area contributed by atoms with Crippen molar-refractivity contribution < 1.29 is 29.3 Å². The number of fused-ring (bicyclic) bond motifs is 5. The number of rotatable bonds is 5. The Morgan fingerprint density at radius 3 is 2.50 bits per heavy atom. The van der Waals surface area contributed by atoms with Gasteiger partial charge in [-0.15, -0.1) is 0 Å². The number of allylic oxidation sites excluding steroid dienone is 1. The molecule has 0 amide bonds. The smallest absolute Gasteiger partial charge is 0.312 e. The standard InChI is InChI=1S/C26H38O6/c1-15-11-18-19(24(3)8-5-17(29)12-21(15)24)6-9-25(4)20(18)7-10-26(25,22(30)14-28)32-23(31)16(2)13-27/h12,15-16,18-20,27-28H,5-11,13-14H2,1-4H3/t15-,16?,18+,19-,20-,24+,25-,26-/m0/s1. The molecule has 0 spiro atoms. The molecule has 1 unspecified atom stereocenters. The molecular weight excluding hydrogens is 408 g/mol. The van der Waals surface area contributed by atoms with Crippen LogP contribution in [-0.4, -0.2) is 46.6 Å². The van der Waals surface area contributed by atoms with Gasteiger partial charge in [-0.2, -0.15) is 0 Å². The van der Waals surface area contributed by atoms with Crippen LogP contribution in [0.2, 0.25) is 0 Å². The molecule has 8 atom stereocenters. The minimum atomic E-state index is -1.33. The summed E-state index contributed by atoms with van der Waals surface area (Å²) >= 11 is 0. The van der Waals surface area contributed by atoms with E-state index in [0.29, 0.717) is 30.6 Å². The maximum absolute atomic E-state index is 13.2. The number of hydrogen-bond donors (Lipinski definition) is 2. The van der Waals surface area contributed by atoms with E-state index < -0.39 is 35.3 Å². The van der Waals surface area contributed by atoms with Gasteiger partial charge < -0.3 is 14.9 Å². The normalized spacial score (nSPS) is 44.1. The fourth-order valence-electron chi connectivity index (χ4n) is 8.14. The first-order valence-corrected chi connectivity index (χ1v) is 12.3.